The van der Waals surface area contributed by atoms with Crippen LogP contribution in [0.2, 0.25) is 0 Å². The normalized spacial score (nSPS) is 16.9. The number of hydrogen-bond donors (Lipinski definition) is 0. The zero-order valence-corrected chi connectivity index (χ0v) is 9.23. The third-order valence-electron chi connectivity index (χ3n) is 2.69. The summed E-state index contributed by atoms with van der Waals surface area (Å²) in [5.74, 6) is -0.340. The highest BCUT2D eigenvalue weighted by atomic mass is 32.2. The second-order valence-electron chi connectivity index (χ2n) is 3.82. The molecule has 0 spiro atoms. The molecule has 0 amide bonds. The van der Waals surface area contributed by atoms with E-state index in [0.717, 1.165) is 11.2 Å². The van der Waals surface area contributed by atoms with Crippen molar-refractivity contribution in [2.75, 3.05) is 0 Å². The first-order valence-electron chi connectivity index (χ1n) is 5.21. The average molecular weight is 224 g/mol. The number of benzene rings is 1. The summed E-state index contributed by atoms with van der Waals surface area (Å²) in [6, 6.07) is 4.44. The zero-order chi connectivity index (χ0) is 10.7. The van der Waals surface area contributed by atoms with Crippen molar-refractivity contribution < 1.29 is 9.18 Å². The lowest BCUT2D eigenvalue weighted by Gasteiger charge is -2.10. The second kappa shape index (κ2) is 4.79. The topological polar surface area (TPSA) is 17.1 Å². The Morgan fingerprint density at radius 1 is 1.33 bits per heavy atom. The van der Waals surface area contributed by atoms with Crippen molar-refractivity contribution in [2.24, 2.45) is 0 Å². The summed E-state index contributed by atoms with van der Waals surface area (Å²) in [5.41, 5.74) is 0.479. The van der Waals surface area contributed by atoms with Crippen molar-refractivity contribution in [1.82, 2.24) is 0 Å². The van der Waals surface area contributed by atoms with Crippen molar-refractivity contribution in [1.29, 1.82) is 0 Å². The number of aldehydes is 1. The Labute approximate surface area is 93.1 Å². The molecule has 0 aliphatic heterocycles. The van der Waals surface area contributed by atoms with E-state index in [9.17, 15) is 9.18 Å². The van der Waals surface area contributed by atoms with Gasteiger partial charge in [-0.05, 0) is 31.0 Å². The summed E-state index contributed by atoms with van der Waals surface area (Å²) in [7, 11) is 0. The zero-order valence-electron chi connectivity index (χ0n) is 8.41. The molecular formula is C12H13FOS. The van der Waals surface area contributed by atoms with E-state index in [4.69, 9.17) is 0 Å². The lowest BCUT2D eigenvalue weighted by Crippen LogP contribution is -1.96. The van der Waals surface area contributed by atoms with Crippen molar-refractivity contribution in [3.8, 4) is 0 Å². The molecule has 2 rings (SSSR count). The Kier molecular flexibility index (Phi) is 3.41. The molecule has 0 radical (unpaired) electrons. The average Bonchev–Trinajstić information content (AvgIpc) is 2.73. The molecule has 1 aliphatic carbocycles. The molecule has 0 unspecified atom stereocenters. The van der Waals surface area contributed by atoms with Gasteiger partial charge in [-0.3, -0.25) is 4.79 Å². The van der Waals surface area contributed by atoms with Crippen LogP contribution in [0.4, 0.5) is 4.39 Å². The molecule has 80 valence electrons. The predicted octanol–water partition coefficient (Wildman–Crippen LogP) is 3.67. The van der Waals surface area contributed by atoms with E-state index in [1.54, 1.807) is 17.8 Å². The van der Waals surface area contributed by atoms with Gasteiger partial charge in [-0.25, -0.2) is 4.39 Å². The summed E-state index contributed by atoms with van der Waals surface area (Å²) in [4.78, 5) is 11.7. The maximum Gasteiger partial charge on any atom is 0.151 e. The Hall–Kier alpha value is -0.830. The van der Waals surface area contributed by atoms with Crippen molar-refractivity contribution in [3.05, 3.63) is 29.6 Å². The van der Waals surface area contributed by atoms with Crippen LogP contribution in [0.5, 0.6) is 0 Å². The number of rotatable bonds is 3. The Balaban J connectivity index is 2.15. The van der Waals surface area contributed by atoms with E-state index >= 15 is 0 Å². The smallest absolute Gasteiger partial charge is 0.151 e. The van der Waals surface area contributed by atoms with Crippen LogP contribution >= 0.6 is 11.8 Å². The number of carbonyl (C=O) groups excluding carboxylic acids is 1. The van der Waals surface area contributed by atoms with Gasteiger partial charge in [0.1, 0.15) is 5.82 Å². The van der Waals surface area contributed by atoms with Crippen LogP contribution in [-0.4, -0.2) is 11.5 Å². The molecule has 1 aromatic carbocycles. The van der Waals surface area contributed by atoms with E-state index < -0.39 is 0 Å². The third-order valence-corrected chi connectivity index (χ3v) is 4.13. The molecule has 0 aromatic heterocycles. The minimum absolute atomic E-state index is 0.340. The Morgan fingerprint density at radius 2 is 2.07 bits per heavy atom. The van der Waals surface area contributed by atoms with Crippen LogP contribution in [-0.2, 0) is 0 Å². The SMILES string of the molecule is O=Cc1cc(F)ccc1SC1CCCC1. The van der Waals surface area contributed by atoms with E-state index in [1.807, 2.05) is 0 Å². The first-order chi connectivity index (χ1) is 7.29. The fourth-order valence-corrected chi connectivity index (χ4v) is 3.22. The van der Waals surface area contributed by atoms with Crippen LogP contribution < -0.4 is 0 Å². The van der Waals surface area contributed by atoms with Gasteiger partial charge < -0.3 is 0 Å². The molecule has 0 saturated heterocycles. The Morgan fingerprint density at radius 3 is 2.73 bits per heavy atom. The van der Waals surface area contributed by atoms with E-state index in [0.29, 0.717) is 10.8 Å². The van der Waals surface area contributed by atoms with Gasteiger partial charge >= 0.3 is 0 Å². The van der Waals surface area contributed by atoms with E-state index in [-0.39, 0.29) is 5.82 Å². The molecule has 1 fully saturated rings. The van der Waals surface area contributed by atoms with Crippen LogP contribution in [0.25, 0.3) is 0 Å². The van der Waals surface area contributed by atoms with Crippen LogP contribution in [0.15, 0.2) is 23.1 Å². The number of halogens is 1. The number of hydrogen-bond acceptors (Lipinski definition) is 2. The molecule has 1 aliphatic rings. The van der Waals surface area contributed by atoms with Gasteiger partial charge in [0.15, 0.2) is 6.29 Å². The molecule has 0 N–H and O–H groups in total. The van der Waals surface area contributed by atoms with E-state index in [1.165, 1.54) is 37.8 Å². The third kappa shape index (κ3) is 2.59. The maximum absolute atomic E-state index is 12.9. The van der Waals surface area contributed by atoms with Crippen molar-refractivity contribution >= 4 is 18.0 Å². The summed E-state index contributed by atoms with van der Waals surface area (Å²) in [6.07, 6.45) is 5.70. The monoisotopic (exact) mass is 224 g/mol. The fraction of sp³-hybridized carbons (Fsp3) is 0.417. The maximum atomic E-state index is 12.9. The highest BCUT2D eigenvalue weighted by molar-refractivity contribution is 8.00. The summed E-state index contributed by atoms with van der Waals surface area (Å²) >= 11 is 1.71. The predicted molar refractivity (Wildman–Crippen MR) is 59.9 cm³/mol. The largest absolute Gasteiger partial charge is 0.298 e. The lowest BCUT2D eigenvalue weighted by molar-refractivity contribution is 0.112. The molecule has 0 bridgehead atoms. The van der Waals surface area contributed by atoms with Gasteiger partial charge in [0.25, 0.3) is 0 Å². The van der Waals surface area contributed by atoms with Crippen LogP contribution in [0.3, 0.4) is 0 Å². The number of thioether (sulfide) groups is 1. The molecule has 1 nitrogen and oxygen atoms in total. The first-order valence-corrected chi connectivity index (χ1v) is 6.09. The Bertz CT molecular complexity index is 359. The summed E-state index contributed by atoms with van der Waals surface area (Å²) < 4.78 is 12.9. The molecule has 3 heteroatoms. The molecule has 1 aromatic rings. The lowest BCUT2D eigenvalue weighted by atomic mass is 10.2. The minimum atomic E-state index is -0.340. The molecular weight excluding hydrogens is 211 g/mol. The van der Waals surface area contributed by atoms with Gasteiger partial charge in [-0.15, -0.1) is 11.8 Å². The van der Waals surface area contributed by atoms with Crippen molar-refractivity contribution in [3.63, 3.8) is 0 Å². The standard InChI is InChI=1S/C12H13FOS/c13-10-5-6-12(9(7-10)8-14)15-11-3-1-2-4-11/h5-8,11H,1-4H2. The highest BCUT2D eigenvalue weighted by Gasteiger charge is 2.17. The van der Waals surface area contributed by atoms with Crippen LogP contribution in [0.1, 0.15) is 36.0 Å². The van der Waals surface area contributed by atoms with Crippen molar-refractivity contribution in [2.45, 2.75) is 35.8 Å². The van der Waals surface area contributed by atoms with Gasteiger partial charge in [0.05, 0.1) is 0 Å². The summed E-state index contributed by atoms with van der Waals surface area (Å²) in [6.45, 7) is 0. The second-order valence-corrected chi connectivity index (χ2v) is 5.17. The highest BCUT2D eigenvalue weighted by Crippen LogP contribution is 2.35. The van der Waals surface area contributed by atoms with E-state index in [2.05, 4.69) is 0 Å². The molecule has 0 atom stereocenters. The quantitative estimate of drug-likeness (QED) is 0.729. The van der Waals surface area contributed by atoms with Gasteiger partial charge in [-0.2, -0.15) is 0 Å². The molecule has 1 saturated carbocycles. The van der Waals surface area contributed by atoms with Gasteiger partial charge in [-0.1, -0.05) is 12.8 Å². The molecule has 0 heterocycles. The summed E-state index contributed by atoms with van der Waals surface area (Å²) in [5, 5.41) is 0.606. The first kappa shape index (κ1) is 10.7. The number of carbonyl (C=O) groups is 1. The molecule has 15 heavy (non-hydrogen) atoms. The van der Waals surface area contributed by atoms with Crippen LogP contribution in [0, 0.1) is 5.82 Å². The van der Waals surface area contributed by atoms with Gasteiger partial charge in [0, 0.05) is 15.7 Å². The minimum Gasteiger partial charge on any atom is -0.298 e. The fourth-order valence-electron chi connectivity index (χ4n) is 1.90. The van der Waals surface area contributed by atoms with Gasteiger partial charge in [0.2, 0.25) is 0 Å².